The van der Waals surface area contributed by atoms with Gasteiger partial charge in [0.1, 0.15) is 12.7 Å². The average molecular weight is 168 g/mol. The van der Waals surface area contributed by atoms with Crippen LogP contribution in [0.3, 0.4) is 0 Å². The summed E-state index contributed by atoms with van der Waals surface area (Å²) in [6.45, 7) is 0.755. The zero-order valence-electron chi connectivity index (χ0n) is 5.67. The lowest BCUT2D eigenvalue weighted by Crippen LogP contribution is -2.18. The molecule has 4 nitrogen and oxygen atoms in total. The van der Waals surface area contributed by atoms with Gasteiger partial charge < -0.3 is 9.47 Å². The van der Waals surface area contributed by atoms with Crippen LogP contribution in [0.15, 0.2) is 0 Å². The molecule has 0 aromatic carbocycles. The maximum Gasteiger partial charge on any atom is 0.495 e. The van der Waals surface area contributed by atoms with E-state index in [0.29, 0.717) is 0 Å². The summed E-state index contributed by atoms with van der Waals surface area (Å²) < 4.78 is 30.3. The standard InChI is InChI=1S/C5H6F2O4/c1-3(11-5(7)9)2-10-4(6)8/h3H,2H2,1H3. The lowest BCUT2D eigenvalue weighted by Gasteiger charge is -2.07. The van der Waals surface area contributed by atoms with E-state index in [1.54, 1.807) is 0 Å². The Kier molecular flexibility index (Phi) is 4.09. The van der Waals surface area contributed by atoms with E-state index in [0.717, 1.165) is 0 Å². The Morgan fingerprint density at radius 1 is 1.36 bits per heavy atom. The van der Waals surface area contributed by atoms with E-state index in [-0.39, 0.29) is 0 Å². The molecule has 0 rings (SSSR count). The molecule has 64 valence electrons. The van der Waals surface area contributed by atoms with Gasteiger partial charge in [-0.25, -0.2) is 9.59 Å². The molecule has 0 amide bonds. The van der Waals surface area contributed by atoms with Crippen LogP contribution in [0.5, 0.6) is 0 Å². The third-order valence-electron chi connectivity index (χ3n) is 0.725. The molecule has 1 unspecified atom stereocenters. The van der Waals surface area contributed by atoms with E-state index < -0.39 is 25.2 Å². The van der Waals surface area contributed by atoms with Crippen molar-refractivity contribution in [3.05, 3.63) is 0 Å². The van der Waals surface area contributed by atoms with Crippen molar-refractivity contribution < 1.29 is 27.8 Å². The Bertz CT molecular complexity index is 159. The Balaban J connectivity index is 3.44. The monoisotopic (exact) mass is 168 g/mol. The molecule has 0 heterocycles. The van der Waals surface area contributed by atoms with Gasteiger partial charge in [-0.2, -0.15) is 0 Å². The predicted octanol–water partition coefficient (Wildman–Crippen LogP) is 1.59. The molecular formula is C5H6F2O4. The third kappa shape index (κ3) is 6.69. The predicted molar refractivity (Wildman–Crippen MR) is 29.5 cm³/mol. The highest BCUT2D eigenvalue weighted by molar-refractivity contribution is 5.59. The van der Waals surface area contributed by atoms with Crippen molar-refractivity contribution in [1.82, 2.24) is 0 Å². The Morgan fingerprint density at radius 2 is 1.91 bits per heavy atom. The zero-order valence-corrected chi connectivity index (χ0v) is 5.67. The Labute approximate surface area is 61.1 Å². The summed E-state index contributed by atoms with van der Waals surface area (Å²) >= 11 is 0. The maximum absolute atomic E-state index is 11.4. The van der Waals surface area contributed by atoms with Crippen LogP contribution >= 0.6 is 0 Å². The molecule has 0 aliphatic heterocycles. The molecule has 0 aromatic heterocycles. The first-order valence-corrected chi connectivity index (χ1v) is 2.70. The van der Waals surface area contributed by atoms with Gasteiger partial charge in [-0.15, -0.1) is 8.78 Å². The van der Waals surface area contributed by atoms with E-state index in [1.807, 2.05) is 0 Å². The number of hydrogen-bond acceptors (Lipinski definition) is 4. The molecule has 0 saturated heterocycles. The highest BCUT2D eigenvalue weighted by Gasteiger charge is 2.10. The quantitative estimate of drug-likeness (QED) is 0.600. The van der Waals surface area contributed by atoms with Gasteiger partial charge in [-0.05, 0) is 6.92 Å². The Hall–Kier alpha value is -1.20. The van der Waals surface area contributed by atoms with Crippen molar-refractivity contribution in [2.75, 3.05) is 6.61 Å². The van der Waals surface area contributed by atoms with Crippen LogP contribution in [0, 0.1) is 0 Å². The van der Waals surface area contributed by atoms with Gasteiger partial charge in [0.2, 0.25) is 0 Å². The van der Waals surface area contributed by atoms with Crippen molar-refractivity contribution in [1.29, 1.82) is 0 Å². The first-order chi connectivity index (χ1) is 5.02. The van der Waals surface area contributed by atoms with Gasteiger partial charge in [0.05, 0.1) is 0 Å². The summed E-state index contributed by atoms with van der Waals surface area (Å²) in [4.78, 5) is 19.1. The molecule has 0 N–H and O–H groups in total. The third-order valence-corrected chi connectivity index (χ3v) is 0.725. The number of carbonyl (C=O) groups is 2. The summed E-state index contributed by atoms with van der Waals surface area (Å²) in [5.74, 6) is 0. The second kappa shape index (κ2) is 4.59. The van der Waals surface area contributed by atoms with Crippen LogP contribution in [-0.4, -0.2) is 25.2 Å². The van der Waals surface area contributed by atoms with E-state index >= 15 is 0 Å². The fourth-order valence-electron chi connectivity index (χ4n) is 0.375. The second-order valence-electron chi connectivity index (χ2n) is 1.71. The van der Waals surface area contributed by atoms with Crippen molar-refractivity contribution in [3.63, 3.8) is 0 Å². The molecule has 0 aliphatic carbocycles. The molecule has 0 aromatic rings. The molecule has 0 spiro atoms. The minimum Gasteiger partial charge on any atom is -0.436 e. The fourth-order valence-corrected chi connectivity index (χ4v) is 0.375. The smallest absolute Gasteiger partial charge is 0.436 e. The van der Waals surface area contributed by atoms with Gasteiger partial charge in [0, 0.05) is 0 Å². The summed E-state index contributed by atoms with van der Waals surface area (Å²) in [6.07, 6.45) is -4.97. The van der Waals surface area contributed by atoms with Crippen molar-refractivity contribution in [3.8, 4) is 0 Å². The lowest BCUT2D eigenvalue weighted by atomic mass is 10.4. The number of halogens is 2. The van der Waals surface area contributed by atoms with Gasteiger partial charge >= 0.3 is 12.4 Å². The molecule has 0 saturated carbocycles. The lowest BCUT2D eigenvalue weighted by molar-refractivity contribution is 0.0333. The van der Waals surface area contributed by atoms with E-state index in [4.69, 9.17) is 0 Å². The Morgan fingerprint density at radius 3 is 2.27 bits per heavy atom. The van der Waals surface area contributed by atoms with Crippen LogP contribution < -0.4 is 0 Å². The molecule has 0 bridgehead atoms. The van der Waals surface area contributed by atoms with Gasteiger partial charge in [-0.1, -0.05) is 0 Å². The van der Waals surface area contributed by atoms with Crippen molar-refractivity contribution >= 4 is 12.4 Å². The highest BCUT2D eigenvalue weighted by Crippen LogP contribution is 1.95. The highest BCUT2D eigenvalue weighted by atomic mass is 19.2. The largest absolute Gasteiger partial charge is 0.495 e. The molecule has 6 heteroatoms. The molecule has 0 radical (unpaired) electrons. The summed E-state index contributed by atoms with van der Waals surface area (Å²) in [5, 5.41) is 0. The van der Waals surface area contributed by atoms with Crippen molar-refractivity contribution in [2.45, 2.75) is 13.0 Å². The van der Waals surface area contributed by atoms with Crippen LogP contribution in [0.4, 0.5) is 18.4 Å². The zero-order chi connectivity index (χ0) is 8.85. The van der Waals surface area contributed by atoms with Crippen LogP contribution in [-0.2, 0) is 9.47 Å². The number of carbonyl (C=O) groups excluding carboxylic acids is 2. The number of ether oxygens (including phenoxy) is 2. The summed E-state index contributed by atoms with van der Waals surface area (Å²) in [5.41, 5.74) is 0. The van der Waals surface area contributed by atoms with Crippen molar-refractivity contribution in [2.24, 2.45) is 0 Å². The average Bonchev–Trinajstić information content (AvgIpc) is 1.82. The van der Waals surface area contributed by atoms with E-state index in [2.05, 4.69) is 9.47 Å². The van der Waals surface area contributed by atoms with Crippen LogP contribution in [0.2, 0.25) is 0 Å². The van der Waals surface area contributed by atoms with E-state index in [1.165, 1.54) is 6.92 Å². The topological polar surface area (TPSA) is 52.6 Å². The second-order valence-corrected chi connectivity index (χ2v) is 1.71. The normalized spacial score (nSPS) is 11.9. The van der Waals surface area contributed by atoms with Crippen LogP contribution in [0.1, 0.15) is 6.92 Å². The minimum absolute atomic E-state index is 0.495. The van der Waals surface area contributed by atoms with Gasteiger partial charge in [0.25, 0.3) is 0 Å². The maximum atomic E-state index is 11.4. The van der Waals surface area contributed by atoms with Gasteiger partial charge in [-0.3, -0.25) is 0 Å². The fraction of sp³-hybridized carbons (Fsp3) is 0.600. The summed E-state index contributed by atoms with van der Waals surface area (Å²) in [6, 6.07) is 0. The number of rotatable bonds is 3. The molecular weight excluding hydrogens is 162 g/mol. The molecule has 11 heavy (non-hydrogen) atoms. The SMILES string of the molecule is CC(COC(=O)F)OC(=O)F. The molecule has 0 fully saturated rings. The van der Waals surface area contributed by atoms with Crippen LogP contribution in [0.25, 0.3) is 0 Å². The van der Waals surface area contributed by atoms with E-state index in [9.17, 15) is 18.4 Å². The molecule has 1 atom stereocenters. The summed E-state index contributed by atoms with van der Waals surface area (Å²) in [7, 11) is 0. The first-order valence-electron chi connectivity index (χ1n) is 2.70. The van der Waals surface area contributed by atoms with Gasteiger partial charge in [0.15, 0.2) is 0 Å². The molecule has 0 aliphatic rings. The first kappa shape index (κ1) is 9.80. The number of hydrogen-bond donors (Lipinski definition) is 0. The minimum atomic E-state index is -1.99.